The molecule has 1 aromatic carbocycles. The Morgan fingerprint density at radius 3 is 2.95 bits per heavy atom. The molecule has 0 fully saturated rings. The number of fused-ring (bicyclic) bond motifs is 1. The lowest BCUT2D eigenvalue weighted by atomic mass is 9.95. The molecule has 2 heterocycles. The first-order valence-electron chi connectivity index (χ1n) is 6.55. The van der Waals surface area contributed by atoms with Crippen LogP contribution in [-0.2, 0) is 17.8 Å². The average Bonchev–Trinajstić information content (AvgIpc) is 2.50. The number of carbonyl (C=O) groups excluding carboxylic acids is 1. The maximum atomic E-state index is 12.4. The van der Waals surface area contributed by atoms with Crippen molar-refractivity contribution < 1.29 is 4.79 Å². The molecule has 1 aromatic heterocycles. The second-order valence-corrected chi connectivity index (χ2v) is 6.16. The van der Waals surface area contributed by atoms with Gasteiger partial charge in [0.25, 0.3) is 0 Å². The van der Waals surface area contributed by atoms with Crippen LogP contribution in [0, 0.1) is 0 Å². The first-order chi connectivity index (χ1) is 10.1. The molecule has 1 aliphatic rings. The lowest BCUT2D eigenvalue weighted by molar-refractivity contribution is -0.118. The second kappa shape index (κ2) is 6.13. The fraction of sp³-hybridized carbons (Fsp3) is 0.200. The molecule has 2 N–H and O–H groups in total. The van der Waals surface area contributed by atoms with Crippen LogP contribution in [0.5, 0.6) is 0 Å². The van der Waals surface area contributed by atoms with Crippen LogP contribution < -0.4 is 10.6 Å². The Morgan fingerprint density at radius 2 is 2.14 bits per heavy atom. The van der Waals surface area contributed by atoms with Crippen LogP contribution in [0.1, 0.15) is 11.1 Å². The number of hydrogen-bond donors (Lipinski definition) is 2. The van der Waals surface area contributed by atoms with Crippen molar-refractivity contribution >= 4 is 39.1 Å². The number of aromatic nitrogens is 1. The van der Waals surface area contributed by atoms with E-state index in [1.165, 1.54) is 11.1 Å². The minimum atomic E-state index is -0.269. The zero-order valence-corrected chi connectivity index (χ0v) is 13.4. The monoisotopic (exact) mass is 365 g/mol. The highest BCUT2D eigenvalue weighted by atomic mass is 79.9. The van der Waals surface area contributed by atoms with Gasteiger partial charge in [0.15, 0.2) is 5.15 Å². The molecule has 1 amide bonds. The number of nitrogens with zero attached hydrogens (tertiary/aromatic N) is 1. The Balaban J connectivity index is 1.74. The minimum absolute atomic E-state index is 0.105. The Kier molecular flexibility index (Phi) is 4.24. The van der Waals surface area contributed by atoms with Gasteiger partial charge in [0.05, 0.1) is 11.7 Å². The number of anilines is 1. The van der Waals surface area contributed by atoms with Gasteiger partial charge in [-0.2, -0.15) is 0 Å². The molecule has 0 bridgehead atoms. The van der Waals surface area contributed by atoms with E-state index in [1.54, 1.807) is 12.3 Å². The van der Waals surface area contributed by atoms with Crippen molar-refractivity contribution in [1.29, 1.82) is 0 Å². The van der Waals surface area contributed by atoms with E-state index in [0.717, 1.165) is 4.47 Å². The van der Waals surface area contributed by atoms with E-state index in [9.17, 15) is 4.79 Å². The molecule has 0 aliphatic carbocycles. The van der Waals surface area contributed by atoms with E-state index in [2.05, 4.69) is 43.7 Å². The minimum Gasteiger partial charge on any atom is -0.322 e. The summed E-state index contributed by atoms with van der Waals surface area (Å²) in [7, 11) is 0. The van der Waals surface area contributed by atoms with E-state index < -0.39 is 0 Å². The Morgan fingerprint density at radius 1 is 1.38 bits per heavy atom. The number of hydrogen-bond acceptors (Lipinski definition) is 3. The molecular weight excluding hydrogens is 354 g/mol. The summed E-state index contributed by atoms with van der Waals surface area (Å²) in [5, 5.41) is 6.35. The number of benzene rings is 1. The van der Waals surface area contributed by atoms with Gasteiger partial charge in [-0.05, 0) is 39.5 Å². The predicted molar refractivity (Wildman–Crippen MR) is 86.4 cm³/mol. The quantitative estimate of drug-likeness (QED) is 0.803. The van der Waals surface area contributed by atoms with Gasteiger partial charge in [-0.3, -0.25) is 4.79 Å². The molecule has 0 saturated heterocycles. The SMILES string of the molecule is O=C(Nc1cc(Br)cnc1Cl)[C@@H]1Cc2ccccc2CN1. The molecule has 3 rings (SSSR count). The van der Waals surface area contributed by atoms with Gasteiger partial charge >= 0.3 is 0 Å². The molecule has 21 heavy (non-hydrogen) atoms. The fourth-order valence-corrected chi connectivity index (χ4v) is 2.85. The Bertz CT molecular complexity index is 692. The molecule has 108 valence electrons. The van der Waals surface area contributed by atoms with Crippen LogP contribution in [0.4, 0.5) is 5.69 Å². The third-order valence-corrected chi connectivity index (χ3v) is 4.20. The van der Waals surface area contributed by atoms with E-state index in [1.807, 2.05) is 12.1 Å². The van der Waals surface area contributed by atoms with E-state index in [-0.39, 0.29) is 17.1 Å². The van der Waals surface area contributed by atoms with Crippen molar-refractivity contribution in [3.63, 3.8) is 0 Å². The average molecular weight is 367 g/mol. The molecule has 4 nitrogen and oxygen atoms in total. The van der Waals surface area contributed by atoms with Crippen molar-refractivity contribution in [2.45, 2.75) is 19.0 Å². The maximum absolute atomic E-state index is 12.4. The highest BCUT2D eigenvalue weighted by molar-refractivity contribution is 9.10. The Labute approximate surface area is 136 Å². The van der Waals surface area contributed by atoms with Gasteiger partial charge in [-0.1, -0.05) is 35.9 Å². The standard InChI is InChI=1S/C15H13BrClN3O/c16-11-6-12(14(17)19-8-11)20-15(21)13-5-9-3-1-2-4-10(9)7-18-13/h1-4,6,8,13,18H,5,7H2,(H,20,21)/t13-/m0/s1. The lowest BCUT2D eigenvalue weighted by Crippen LogP contribution is -2.44. The molecule has 2 aromatic rings. The van der Waals surface area contributed by atoms with Crippen molar-refractivity contribution in [1.82, 2.24) is 10.3 Å². The summed E-state index contributed by atoms with van der Waals surface area (Å²) in [4.78, 5) is 16.4. The molecule has 6 heteroatoms. The first-order valence-corrected chi connectivity index (χ1v) is 7.72. The van der Waals surface area contributed by atoms with Crippen molar-refractivity contribution in [3.05, 3.63) is 57.3 Å². The van der Waals surface area contributed by atoms with Crippen LogP contribution in [0.25, 0.3) is 0 Å². The van der Waals surface area contributed by atoms with Crippen LogP contribution in [0.2, 0.25) is 5.15 Å². The van der Waals surface area contributed by atoms with Crippen molar-refractivity contribution in [2.24, 2.45) is 0 Å². The molecule has 0 unspecified atom stereocenters. The number of rotatable bonds is 2. The molecular formula is C15H13BrClN3O. The molecule has 0 spiro atoms. The number of carbonyl (C=O) groups is 1. The first kappa shape index (κ1) is 14.5. The summed E-state index contributed by atoms with van der Waals surface area (Å²) in [5.74, 6) is -0.105. The van der Waals surface area contributed by atoms with Gasteiger partial charge in [0.1, 0.15) is 0 Å². The summed E-state index contributed by atoms with van der Waals surface area (Å²) in [6.07, 6.45) is 2.26. The van der Waals surface area contributed by atoms with Gasteiger partial charge in [0, 0.05) is 17.2 Å². The van der Waals surface area contributed by atoms with Gasteiger partial charge in [0.2, 0.25) is 5.91 Å². The maximum Gasteiger partial charge on any atom is 0.241 e. The van der Waals surface area contributed by atoms with E-state index >= 15 is 0 Å². The summed E-state index contributed by atoms with van der Waals surface area (Å²) in [6.45, 7) is 0.693. The van der Waals surface area contributed by atoms with Gasteiger partial charge < -0.3 is 10.6 Å². The summed E-state index contributed by atoms with van der Waals surface area (Å²) in [6, 6.07) is 9.61. The highest BCUT2D eigenvalue weighted by Crippen LogP contribution is 2.24. The number of halogens is 2. The lowest BCUT2D eigenvalue weighted by Gasteiger charge is -2.25. The Hall–Kier alpha value is -1.43. The zero-order chi connectivity index (χ0) is 14.8. The third kappa shape index (κ3) is 3.26. The van der Waals surface area contributed by atoms with E-state index in [4.69, 9.17) is 11.6 Å². The smallest absolute Gasteiger partial charge is 0.241 e. The largest absolute Gasteiger partial charge is 0.322 e. The highest BCUT2D eigenvalue weighted by Gasteiger charge is 2.24. The summed E-state index contributed by atoms with van der Waals surface area (Å²) in [5.41, 5.74) is 2.95. The summed E-state index contributed by atoms with van der Waals surface area (Å²) >= 11 is 9.31. The zero-order valence-electron chi connectivity index (χ0n) is 11.1. The molecule has 1 aliphatic heterocycles. The number of pyridine rings is 1. The van der Waals surface area contributed by atoms with Crippen LogP contribution in [-0.4, -0.2) is 16.9 Å². The van der Waals surface area contributed by atoms with Crippen LogP contribution in [0.3, 0.4) is 0 Å². The molecule has 1 atom stereocenters. The number of nitrogens with one attached hydrogen (secondary N) is 2. The van der Waals surface area contributed by atoms with Crippen molar-refractivity contribution in [2.75, 3.05) is 5.32 Å². The van der Waals surface area contributed by atoms with Crippen LogP contribution in [0.15, 0.2) is 41.0 Å². The van der Waals surface area contributed by atoms with Crippen LogP contribution >= 0.6 is 27.5 Å². The topological polar surface area (TPSA) is 54.0 Å². The van der Waals surface area contributed by atoms with E-state index in [0.29, 0.717) is 18.7 Å². The molecule has 0 saturated carbocycles. The van der Waals surface area contributed by atoms with Crippen molar-refractivity contribution in [3.8, 4) is 0 Å². The second-order valence-electron chi connectivity index (χ2n) is 4.89. The summed E-state index contributed by atoms with van der Waals surface area (Å²) < 4.78 is 0.768. The fourth-order valence-electron chi connectivity index (χ4n) is 2.37. The normalized spacial score (nSPS) is 17.1. The predicted octanol–water partition coefficient (Wildman–Crippen LogP) is 3.15. The van der Waals surface area contributed by atoms with Gasteiger partial charge in [-0.25, -0.2) is 4.98 Å². The molecule has 0 radical (unpaired) electrons. The number of amides is 1. The van der Waals surface area contributed by atoms with Gasteiger partial charge in [-0.15, -0.1) is 0 Å². The third-order valence-electron chi connectivity index (χ3n) is 3.46.